The Morgan fingerprint density at radius 1 is 1.20 bits per heavy atom. The zero-order chi connectivity index (χ0) is 18.7. The summed E-state index contributed by atoms with van der Waals surface area (Å²) >= 11 is 11.4. The summed E-state index contributed by atoms with van der Waals surface area (Å²) in [6.45, 7) is 6.89. The first-order valence-electron chi connectivity index (χ1n) is 8.16. The number of nitrogens with zero attached hydrogens (tertiary/aromatic N) is 1. The van der Waals surface area contributed by atoms with E-state index >= 15 is 0 Å². The quantitative estimate of drug-likeness (QED) is 0.267. The third kappa shape index (κ3) is 8.98. The first-order valence-corrected chi connectivity index (χ1v) is 8.92. The van der Waals surface area contributed by atoms with E-state index in [0.29, 0.717) is 29.7 Å². The second-order valence-electron chi connectivity index (χ2n) is 5.48. The van der Waals surface area contributed by atoms with Gasteiger partial charge in [0.15, 0.2) is 5.29 Å². The Labute approximate surface area is 158 Å². The fourth-order valence-corrected chi connectivity index (χ4v) is 2.30. The van der Waals surface area contributed by atoms with Crippen LogP contribution in [0, 0.1) is 0 Å². The number of hydrogen-bond acceptors (Lipinski definition) is 4. The van der Waals surface area contributed by atoms with Crippen molar-refractivity contribution < 1.29 is 18.7 Å². The molecule has 4 nitrogen and oxygen atoms in total. The van der Waals surface area contributed by atoms with Gasteiger partial charge in [-0.05, 0) is 44.7 Å². The molecule has 0 saturated carbocycles. The number of ether oxygens (including phenoxy) is 2. The molecule has 0 fully saturated rings. The zero-order valence-corrected chi connectivity index (χ0v) is 16.3. The molecule has 0 aliphatic rings. The highest BCUT2D eigenvalue weighted by molar-refractivity contribution is 6.32. The maximum atomic E-state index is 12.5. The molecule has 1 aromatic rings. The topological polar surface area (TPSA) is 40.0 Å². The number of rotatable bonds is 11. The average molecular weight is 392 g/mol. The van der Waals surface area contributed by atoms with Gasteiger partial charge in [0, 0.05) is 12.1 Å². The monoisotopic (exact) mass is 391 g/mol. The lowest BCUT2D eigenvalue weighted by atomic mass is 10.1. The standard InChI is InChI=1S/C18H24Cl2FNO3/c1-4-14-11-15(23-10-7-17(20)21)12-16(19)18(14)24-8-5-6-9-25-22-13(2)3/h7,11-12H,4-6,8-10H2,1-3H3/b17-7-. The number of hydrogen-bond donors (Lipinski definition) is 0. The fourth-order valence-electron chi connectivity index (χ4n) is 1.95. The molecule has 140 valence electrons. The molecular weight excluding hydrogens is 368 g/mol. The first kappa shape index (κ1) is 21.6. The van der Waals surface area contributed by atoms with Crippen molar-refractivity contribution in [3.63, 3.8) is 0 Å². The SMILES string of the molecule is CCc1cc(OC/C=C(\F)Cl)cc(Cl)c1OCCCCON=C(C)C. The van der Waals surface area contributed by atoms with Crippen LogP contribution in [0.1, 0.15) is 39.2 Å². The van der Waals surface area contributed by atoms with Crippen LogP contribution in [0.4, 0.5) is 4.39 Å². The van der Waals surface area contributed by atoms with Crippen molar-refractivity contribution >= 4 is 28.9 Å². The zero-order valence-electron chi connectivity index (χ0n) is 14.8. The van der Waals surface area contributed by atoms with Gasteiger partial charge in [0.05, 0.1) is 17.3 Å². The van der Waals surface area contributed by atoms with Crippen molar-refractivity contribution in [3.05, 3.63) is 34.1 Å². The second-order valence-corrected chi connectivity index (χ2v) is 6.25. The summed E-state index contributed by atoms with van der Waals surface area (Å²) in [6, 6.07) is 3.49. The summed E-state index contributed by atoms with van der Waals surface area (Å²) in [7, 11) is 0. The van der Waals surface area contributed by atoms with E-state index in [9.17, 15) is 4.39 Å². The van der Waals surface area contributed by atoms with E-state index in [2.05, 4.69) is 5.16 Å². The molecule has 0 heterocycles. The minimum absolute atomic E-state index is 0.0364. The van der Waals surface area contributed by atoms with Crippen LogP contribution in [0.25, 0.3) is 0 Å². The van der Waals surface area contributed by atoms with E-state index in [4.69, 9.17) is 37.5 Å². The van der Waals surface area contributed by atoms with Crippen LogP contribution in [0.2, 0.25) is 5.02 Å². The van der Waals surface area contributed by atoms with E-state index < -0.39 is 5.29 Å². The third-order valence-corrected chi connectivity index (χ3v) is 3.52. The fraction of sp³-hybridized carbons (Fsp3) is 0.500. The molecule has 0 aliphatic carbocycles. The molecular formula is C18H24Cl2FNO3. The van der Waals surface area contributed by atoms with Crippen LogP contribution in [0.3, 0.4) is 0 Å². The summed E-state index contributed by atoms with van der Waals surface area (Å²) in [5.41, 5.74) is 1.82. The molecule has 0 aromatic heterocycles. The lowest BCUT2D eigenvalue weighted by Crippen LogP contribution is -2.03. The molecule has 1 aromatic carbocycles. The largest absolute Gasteiger partial charge is 0.492 e. The van der Waals surface area contributed by atoms with E-state index in [-0.39, 0.29) is 6.61 Å². The van der Waals surface area contributed by atoms with Gasteiger partial charge in [-0.3, -0.25) is 0 Å². The molecule has 0 radical (unpaired) electrons. The van der Waals surface area contributed by atoms with Crippen LogP contribution in [0.5, 0.6) is 11.5 Å². The summed E-state index contributed by atoms with van der Waals surface area (Å²) in [4.78, 5) is 5.14. The molecule has 25 heavy (non-hydrogen) atoms. The highest BCUT2D eigenvalue weighted by Crippen LogP contribution is 2.34. The van der Waals surface area contributed by atoms with Crippen molar-refractivity contribution in [2.75, 3.05) is 19.8 Å². The first-order chi connectivity index (χ1) is 11.9. The van der Waals surface area contributed by atoms with Gasteiger partial charge < -0.3 is 14.3 Å². The summed E-state index contributed by atoms with van der Waals surface area (Å²) in [5.74, 6) is 1.20. The third-order valence-electron chi connectivity index (χ3n) is 3.09. The van der Waals surface area contributed by atoms with E-state index in [1.165, 1.54) is 0 Å². The van der Waals surface area contributed by atoms with Gasteiger partial charge in [-0.25, -0.2) is 0 Å². The van der Waals surface area contributed by atoms with Crippen LogP contribution in [-0.2, 0) is 11.3 Å². The van der Waals surface area contributed by atoms with Crippen molar-refractivity contribution in [1.82, 2.24) is 0 Å². The molecule has 1 rings (SSSR count). The Hall–Kier alpha value is -1.46. The second kappa shape index (κ2) is 12.0. The number of halogens is 3. The Kier molecular flexibility index (Phi) is 10.3. The van der Waals surface area contributed by atoms with E-state index in [1.54, 1.807) is 6.07 Å². The minimum atomic E-state index is -0.800. The van der Waals surface area contributed by atoms with Gasteiger partial charge in [-0.1, -0.05) is 35.3 Å². The summed E-state index contributed by atoms with van der Waals surface area (Å²) in [6.07, 6.45) is 3.54. The highest BCUT2D eigenvalue weighted by atomic mass is 35.5. The van der Waals surface area contributed by atoms with Gasteiger partial charge in [-0.15, -0.1) is 0 Å². The molecule has 7 heteroatoms. The Bertz CT molecular complexity index is 598. The van der Waals surface area contributed by atoms with Crippen molar-refractivity contribution in [3.8, 4) is 11.5 Å². The Balaban J connectivity index is 2.53. The molecule has 0 saturated heterocycles. The molecule has 0 aliphatic heterocycles. The predicted octanol–water partition coefficient (Wildman–Crippen LogP) is 5.90. The van der Waals surface area contributed by atoms with Crippen LogP contribution in [-0.4, -0.2) is 25.5 Å². The number of benzene rings is 1. The van der Waals surface area contributed by atoms with Crippen LogP contribution >= 0.6 is 23.2 Å². The summed E-state index contributed by atoms with van der Waals surface area (Å²) in [5, 5.41) is 3.54. The van der Waals surface area contributed by atoms with Crippen LogP contribution in [0.15, 0.2) is 28.7 Å². The van der Waals surface area contributed by atoms with Gasteiger partial charge in [0.2, 0.25) is 0 Å². The normalized spacial score (nSPS) is 11.2. The van der Waals surface area contributed by atoms with Crippen molar-refractivity contribution in [2.45, 2.75) is 40.0 Å². The van der Waals surface area contributed by atoms with E-state index in [0.717, 1.165) is 36.6 Å². The molecule has 0 unspecified atom stereocenters. The molecule has 0 N–H and O–H groups in total. The highest BCUT2D eigenvalue weighted by Gasteiger charge is 2.11. The minimum Gasteiger partial charge on any atom is -0.492 e. The Morgan fingerprint density at radius 3 is 2.56 bits per heavy atom. The van der Waals surface area contributed by atoms with Gasteiger partial charge in [-0.2, -0.15) is 4.39 Å². The Morgan fingerprint density at radius 2 is 1.92 bits per heavy atom. The summed E-state index contributed by atoms with van der Waals surface area (Å²) < 4.78 is 23.7. The lowest BCUT2D eigenvalue weighted by molar-refractivity contribution is 0.135. The number of oxime groups is 1. The number of unbranched alkanes of at least 4 members (excludes halogenated alkanes) is 1. The molecule has 0 amide bonds. The average Bonchev–Trinajstić information content (AvgIpc) is 2.54. The predicted molar refractivity (Wildman–Crippen MR) is 101 cm³/mol. The van der Waals surface area contributed by atoms with Gasteiger partial charge in [0.1, 0.15) is 24.7 Å². The van der Waals surface area contributed by atoms with Gasteiger partial charge in [0.25, 0.3) is 0 Å². The van der Waals surface area contributed by atoms with Crippen molar-refractivity contribution in [2.24, 2.45) is 5.16 Å². The van der Waals surface area contributed by atoms with E-state index in [1.807, 2.05) is 26.8 Å². The molecule has 0 atom stereocenters. The smallest absolute Gasteiger partial charge is 0.188 e. The molecule has 0 bridgehead atoms. The maximum absolute atomic E-state index is 12.5. The van der Waals surface area contributed by atoms with Crippen LogP contribution < -0.4 is 9.47 Å². The lowest BCUT2D eigenvalue weighted by Gasteiger charge is -2.14. The maximum Gasteiger partial charge on any atom is 0.188 e. The van der Waals surface area contributed by atoms with Gasteiger partial charge >= 0.3 is 0 Å². The molecule has 0 spiro atoms. The van der Waals surface area contributed by atoms with Crippen molar-refractivity contribution in [1.29, 1.82) is 0 Å². The number of aryl methyl sites for hydroxylation is 1.